The van der Waals surface area contributed by atoms with Crippen LogP contribution in [0.5, 0.6) is 11.5 Å². The number of ketones is 1. The molecule has 1 N–H and O–H groups in total. The van der Waals surface area contributed by atoms with Crippen LogP contribution in [0, 0.1) is 0 Å². The van der Waals surface area contributed by atoms with E-state index in [0.717, 1.165) is 36.5 Å². The van der Waals surface area contributed by atoms with Crippen LogP contribution in [0.3, 0.4) is 0 Å². The van der Waals surface area contributed by atoms with Gasteiger partial charge in [0.2, 0.25) is 0 Å². The first-order valence-corrected chi connectivity index (χ1v) is 9.79. The third-order valence-electron chi connectivity index (χ3n) is 4.38. The SMILES string of the molecule is COc1ccc(/C=C/C(=O)c2ccc(O)cc2)cc1CN1CCSCC1. The van der Waals surface area contributed by atoms with Gasteiger partial charge in [0, 0.05) is 42.3 Å². The lowest BCUT2D eigenvalue weighted by atomic mass is 10.1. The second-order valence-corrected chi connectivity index (χ2v) is 7.43. The summed E-state index contributed by atoms with van der Waals surface area (Å²) in [6.07, 6.45) is 3.39. The highest BCUT2D eigenvalue weighted by molar-refractivity contribution is 7.99. The largest absolute Gasteiger partial charge is 0.508 e. The minimum atomic E-state index is -0.0876. The van der Waals surface area contributed by atoms with Crippen LogP contribution in [0.4, 0.5) is 0 Å². The van der Waals surface area contributed by atoms with E-state index >= 15 is 0 Å². The van der Waals surface area contributed by atoms with Crippen LogP contribution in [0.2, 0.25) is 0 Å². The van der Waals surface area contributed by atoms with Crippen molar-refractivity contribution in [3.63, 3.8) is 0 Å². The maximum Gasteiger partial charge on any atom is 0.185 e. The molecule has 0 unspecified atom stereocenters. The Morgan fingerprint density at radius 1 is 1.19 bits per heavy atom. The van der Waals surface area contributed by atoms with Crippen molar-refractivity contribution in [2.24, 2.45) is 0 Å². The molecule has 0 aromatic heterocycles. The van der Waals surface area contributed by atoms with E-state index in [1.807, 2.05) is 30.0 Å². The van der Waals surface area contributed by atoms with E-state index in [0.29, 0.717) is 5.56 Å². The zero-order chi connectivity index (χ0) is 18.4. The summed E-state index contributed by atoms with van der Waals surface area (Å²) in [5, 5.41) is 9.31. The smallest absolute Gasteiger partial charge is 0.185 e. The van der Waals surface area contributed by atoms with Crippen LogP contribution in [-0.2, 0) is 6.54 Å². The highest BCUT2D eigenvalue weighted by Gasteiger charge is 2.13. The zero-order valence-corrected chi connectivity index (χ0v) is 15.7. The number of carbonyl (C=O) groups is 1. The fraction of sp³-hybridized carbons (Fsp3) is 0.286. The van der Waals surface area contributed by atoms with Crippen molar-refractivity contribution in [2.45, 2.75) is 6.54 Å². The van der Waals surface area contributed by atoms with Gasteiger partial charge in [-0.05, 0) is 48.0 Å². The topological polar surface area (TPSA) is 49.8 Å². The first kappa shape index (κ1) is 18.5. The molecule has 5 heteroatoms. The lowest BCUT2D eigenvalue weighted by molar-refractivity contribution is 0.104. The summed E-state index contributed by atoms with van der Waals surface area (Å²) in [4.78, 5) is 14.7. The number of hydrogen-bond donors (Lipinski definition) is 1. The molecule has 26 heavy (non-hydrogen) atoms. The molecule has 4 nitrogen and oxygen atoms in total. The van der Waals surface area contributed by atoms with E-state index < -0.39 is 0 Å². The minimum Gasteiger partial charge on any atom is -0.508 e. The molecule has 0 radical (unpaired) electrons. The van der Waals surface area contributed by atoms with Crippen LogP contribution in [0.15, 0.2) is 48.5 Å². The van der Waals surface area contributed by atoms with Gasteiger partial charge >= 0.3 is 0 Å². The third kappa shape index (κ3) is 4.90. The number of allylic oxidation sites excluding steroid dienone is 1. The van der Waals surface area contributed by atoms with Crippen LogP contribution in [0.25, 0.3) is 6.08 Å². The molecule has 1 saturated heterocycles. The maximum atomic E-state index is 12.3. The van der Waals surface area contributed by atoms with E-state index in [2.05, 4.69) is 11.0 Å². The summed E-state index contributed by atoms with van der Waals surface area (Å²) < 4.78 is 5.50. The van der Waals surface area contributed by atoms with Crippen molar-refractivity contribution in [3.05, 3.63) is 65.2 Å². The number of benzene rings is 2. The highest BCUT2D eigenvalue weighted by Crippen LogP contribution is 2.24. The van der Waals surface area contributed by atoms with E-state index in [1.54, 1.807) is 25.3 Å². The van der Waals surface area contributed by atoms with Gasteiger partial charge in [0.15, 0.2) is 5.78 Å². The molecular formula is C21H23NO3S. The van der Waals surface area contributed by atoms with Crippen LogP contribution in [0.1, 0.15) is 21.5 Å². The second-order valence-electron chi connectivity index (χ2n) is 6.20. The molecule has 0 bridgehead atoms. The Kier molecular flexibility index (Phi) is 6.36. The molecular weight excluding hydrogens is 346 g/mol. The predicted octanol–water partition coefficient (Wildman–Crippen LogP) is 3.85. The standard InChI is InChI=1S/C21H23NO3S/c1-25-21-9-3-16(14-18(21)15-22-10-12-26-13-11-22)2-8-20(24)17-4-6-19(23)7-5-17/h2-9,14,23H,10-13,15H2,1H3/b8-2+. The number of nitrogens with zero attached hydrogens (tertiary/aromatic N) is 1. The molecule has 136 valence electrons. The monoisotopic (exact) mass is 369 g/mol. The predicted molar refractivity (Wildman–Crippen MR) is 107 cm³/mol. The summed E-state index contributed by atoms with van der Waals surface area (Å²) in [6, 6.07) is 12.3. The fourth-order valence-electron chi connectivity index (χ4n) is 2.92. The summed E-state index contributed by atoms with van der Waals surface area (Å²) in [5.41, 5.74) is 2.66. The molecule has 0 atom stereocenters. The molecule has 2 aromatic carbocycles. The minimum absolute atomic E-state index is 0.0876. The van der Waals surface area contributed by atoms with Crippen molar-refractivity contribution in [1.29, 1.82) is 0 Å². The molecule has 0 amide bonds. The van der Waals surface area contributed by atoms with Crippen LogP contribution >= 0.6 is 11.8 Å². The van der Waals surface area contributed by atoms with E-state index in [9.17, 15) is 9.90 Å². The number of hydrogen-bond acceptors (Lipinski definition) is 5. The molecule has 0 aliphatic carbocycles. The second kappa shape index (κ2) is 8.92. The van der Waals surface area contributed by atoms with Crippen molar-refractivity contribution < 1.29 is 14.6 Å². The van der Waals surface area contributed by atoms with Gasteiger partial charge in [0.05, 0.1) is 7.11 Å². The molecule has 2 aromatic rings. The highest BCUT2D eigenvalue weighted by atomic mass is 32.2. The van der Waals surface area contributed by atoms with Gasteiger partial charge in [-0.3, -0.25) is 9.69 Å². The number of aromatic hydroxyl groups is 1. The normalized spacial score (nSPS) is 15.3. The van der Waals surface area contributed by atoms with Crippen molar-refractivity contribution in [1.82, 2.24) is 4.90 Å². The molecule has 1 fully saturated rings. The van der Waals surface area contributed by atoms with E-state index in [-0.39, 0.29) is 11.5 Å². The lowest BCUT2D eigenvalue weighted by Crippen LogP contribution is -2.32. The first-order chi connectivity index (χ1) is 12.7. The Balaban J connectivity index is 1.73. The number of ether oxygens (including phenoxy) is 1. The molecule has 1 aliphatic rings. The molecule has 1 aliphatic heterocycles. The summed E-state index contributed by atoms with van der Waals surface area (Å²) in [7, 11) is 1.69. The first-order valence-electron chi connectivity index (χ1n) is 8.64. The van der Waals surface area contributed by atoms with Crippen molar-refractivity contribution in [2.75, 3.05) is 31.7 Å². The quantitative estimate of drug-likeness (QED) is 0.619. The van der Waals surface area contributed by atoms with Gasteiger partial charge in [0.1, 0.15) is 11.5 Å². The van der Waals surface area contributed by atoms with Gasteiger partial charge in [-0.15, -0.1) is 0 Å². The number of carbonyl (C=O) groups excluding carboxylic acids is 1. The number of rotatable bonds is 6. The van der Waals surface area contributed by atoms with Crippen LogP contribution < -0.4 is 4.74 Å². The third-order valence-corrected chi connectivity index (χ3v) is 5.32. The number of methoxy groups -OCH3 is 1. The van der Waals surface area contributed by atoms with Gasteiger partial charge in [-0.25, -0.2) is 0 Å². The average molecular weight is 369 g/mol. The summed E-state index contributed by atoms with van der Waals surface area (Å²) in [6.45, 7) is 3.04. The Hall–Kier alpha value is -2.24. The number of phenols is 1. The lowest BCUT2D eigenvalue weighted by Gasteiger charge is -2.26. The number of phenolic OH excluding ortho intramolecular Hbond substituents is 1. The van der Waals surface area contributed by atoms with Crippen molar-refractivity contribution in [3.8, 4) is 11.5 Å². The Morgan fingerprint density at radius 3 is 2.62 bits per heavy atom. The van der Waals surface area contributed by atoms with E-state index in [1.165, 1.54) is 23.6 Å². The van der Waals surface area contributed by atoms with E-state index in [4.69, 9.17) is 4.74 Å². The van der Waals surface area contributed by atoms with Gasteiger partial charge in [-0.1, -0.05) is 12.1 Å². The van der Waals surface area contributed by atoms with Gasteiger partial charge < -0.3 is 9.84 Å². The maximum absolute atomic E-state index is 12.3. The Labute approximate surface area is 158 Å². The number of thioether (sulfide) groups is 1. The Morgan fingerprint density at radius 2 is 1.92 bits per heavy atom. The molecule has 0 spiro atoms. The Bertz CT molecular complexity index is 780. The van der Waals surface area contributed by atoms with Crippen molar-refractivity contribution >= 4 is 23.6 Å². The molecule has 0 saturated carbocycles. The summed E-state index contributed by atoms with van der Waals surface area (Å²) >= 11 is 2.00. The van der Waals surface area contributed by atoms with Gasteiger partial charge in [-0.2, -0.15) is 11.8 Å². The molecule has 1 heterocycles. The zero-order valence-electron chi connectivity index (χ0n) is 14.9. The fourth-order valence-corrected chi connectivity index (χ4v) is 3.90. The van der Waals surface area contributed by atoms with Gasteiger partial charge in [0.25, 0.3) is 0 Å². The average Bonchev–Trinajstić information content (AvgIpc) is 2.67. The molecule has 3 rings (SSSR count). The summed E-state index contributed by atoms with van der Waals surface area (Å²) in [5.74, 6) is 3.29. The van der Waals surface area contributed by atoms with Crippen LogP contribution in [-0.4, -0.2) is 47.5 Å².